The van der Waals surface area contributed by atoms with E-state index in [-0.39, 0.29) is 27.4 Å². The predicted octanol–water partition coefficient (Wildman–Crippen LogP) is 4.69. The van der Waals surface area contributed by atoms with Crippen LogP contribution in [0.25, 0.3) is 0 Å². The Morgan fingerprint density at radius 3 is 2.48 bits per heavy atom. The standard InChI is InChI=1S/C19H13Cl2NO3/c1-2-22-16(10-5-3-6-11(20)9-10)15-17(23)12-7-4-8-13(21)14(12)18(24)19(15)25/h3-9,25H,2H2,1H3/b22-16-. The van der Waals surface area contributed by atoms with Crippen LogP contribution in [0.2, 0.25) is 10.0 Å². The minimum atomic E-state index is -0.693. The number of benzene rings is 2. The van der Waals surface area contributed by atoms with Gasteiger partial charge in [0.25, 0.3) is 0 Å². The van der Waals surface area contributed by atoms with Crippen molar-refractivity contribution in [2.45, 2.75) is 6.92 Å². The van der Waals surface area contributed by atoms with Crippen LogP contribution in [-0.2, 0) is 0 Å². The molecule has 0 aliphatic heterocycles. The van der Waals surface area contributed by atoms with E-state index < -0.39 is 17.3 Å². The summed E-state index contributed by atoms with van der Waals surface area (Å²) in [7, 11) is 0. The number of nitrogens with zero attached hydrogens (tertiary/aromatic N) is 1. The Labute approximate surface area is 154 Å². The van der Waals surface area contributed by atoms with E-state index >= 15 is 0 Å². The van der Waals surface area contributed by atoms with Crippen molar-refractivity contribution in [2.75, 3.05) is 6.54 Å². The molecule has 0 saturated carbocycles. The van der Waals surface area contributed by atoms with Crippen molar-refractivity contribution in [3.63, 3.8) is 0 Å². The number of halogens is 2. The lowest BCUT2D eigenvalue weighted by Crippen LogP contribution is -2.27. The topological polar surface area (TPSA) is 66.7 Å². The molecular weight excluding hydrogens is 361 g/mol. The molecule has 0 fully saturated rings. The van der Waals surface area contributed by atoms with E-state index in [1.54, 1.807) is 37.3 Å². The van der Waals surface area contributed by atoms with Gasteiger partial charge in [0.2, 0.25) is 5.78 Å². The minimum absolute atomic E-state index is 0.0114. The van der Waals surface area contributed by atoms with Crippen LogP contribution in [0.3, 0.4) is 0 Å². The van der Waals surface area contributed by atoms with Gasteiger partial charge in [0.1, 0.15) is 0 Å². The number of Topliss-reactive ketones (excluding diaryl/α,β-unsaturated/α-hetero) is 2. The van der Waals surface area contributed by atoms with Crippen LogP contribution in [0.5, 0.6) is 0 Å². The molecule has 4 nitrogen and oxygen atoms in total. The van der Waals surface area contributed by atoms with Gasteiger partial charge in [-0.1, -0.05) is 47.5 Å². The maximum absolute atomic E-state index is 13.0. The lowest BCUT2D eigenvalue weighted by atomic mass is 9.84. The first-order valence-electron chi connectivity index (χ1n) is 7.57. The predicted molar refractivity (Wildman–Crippen MR) is 98.3 cm³/mol. The zero-order valence-corrected chi connectivity index (χ0v) is 14.7. The molecule has 0 heterocycles. The molecule has 6 heteroatoms. The fraction of sp³-hybridized carbons (Fsp3) is 0.105. The van der Waals surface area contributed by atoms with Crippen molar-refractivity contribution >= 4 is 40.5 Å². The second-order valence-corrected chi connectivity index (χ2v) is 6.22. The van der Waals surface area contributed by atoms with Crippen molar-refractivity contribution in [2.24, 2.45) is 4.99 Å². The number of carbonyl (C=O) groups excluding carboxylic acids is 2. The Balaban J connectivity index is 2.24. The number of aliphatic hydroxyl groups is 1. The minimum Gasteiger partial charge on any atom is -0.504 e. The highest BCUT2D eigenvalue weighted by atomic mass is 35.5. The summed E-state index contributed by atoms with van der Waals surface area (Å²) < 4.78 is 0. The number of hydrogen-bond donors (Lipinski definition) is 1. The molecule has 2 aromatic carbocycles. The summed E-state index contributed by atoms with van der Waals surface area (Å²) in [4.78, 5) is 29.9. The van der Waals surface area contributed by atoms with E-state index in [4.69, 9.17) is 23.2 Å². The summed E-state index contributed by atoms with van der Waals surface area (Å²) >= 11 is 12.1. The van der Waals surface area contributed by atoms with Gasteiger partial charge in [-0.25, -0.2) is 0 Å². The summed E-state index contributed by atoms with van der Waals surface area (Å²) in [5.41, 5.74) is 0.798. The average Bonchev–Trinajstić information content (AvgIpc) is 2.59. The number of carbonyl (C=O) groups is 2. The van der Waals surface area contributed by atoms with Crippen LogP contribution >= 0.6 is 23.2 Å². The molecular formula is C19H13Cl2NO3. The number of fused-ring (bicyclic) bond motifs is 1. The van der Waals surface area contributed by atoms with E-state index in [1.807, 2.05) is 0 Å². The second-order valence-electron chi connectivity index (χ2n) is 5.38. The zero-order chi connectivity index (χ0) is 18.1. The van der Waals surface area contributed by atoms with Gasteiger partial charge in [-0.05, 0) is 25.1 Å². The van der Waals surface area contributed by atoms with Crippen molar-refractivity contribution < 1.29 is 14.7 Å². The maximum atomic E-state index is 13.0. The van der Waals surface area contributed by atoms with Gasteiger partial charge < -0.3 is 5.11 Å². The first-order valence-corrected chi connectivity index (χ1v) is 8.33. The van der Waals surface area contributed by atoms with Gasteiger partial charge in [0.05, 0.1) is 21.9 Å². The number of hydrogen-bond acceptors (Lipinski definition) is 4. The molecule has 3 rings (SSSR count). The summed E-state index contributed by atoms with van der Waals surface area (Å²) in [5.74, 6) is -1.85. The van der Waals surface area contributed by atoms with E-state index in [2.05, 4.69) is 4.99 Å². The average molecular weight is 374 g/mol. The molecule has 2 aromatic rings. The van der Waals surface area contributed by atoms with Crippen LogP contribution in [0.1, 0.15) is 33.2 Å². The van der Waals surface area contributed by atoms with Crippen molar-refractivity contribution in [3.05, 3.63) is 80.5 Å². The molecule has 0 amide bonds. The Bertz CT molecular complexity index is 961. The number of aliphatic imine (C=N–C) groups is 1. The molecule has 25 heavy (non-hydrogen) atoms. The van der Waals surface area contributed by atoms with Crippen molar-refractivity contribution in [1.82, 2.24) is 0 Å². The summed E-state index contributed by atoms with van der Waals surface area (Å²) in [5, 5.41) is 11.0. The largest absolute Gasteiger partial charge is 0.504 e. The highest BCUT2D eigenvalue weighted by Gasteiger charge is 2.36. The lowest BCUT2D eigenvalue weighted by Gasteiger charge is -2.20. The Kier molecular flexibility index (Phi) is 4.75. The van der Waals surface area contributed by atoms with Crippen molar-refractivity contribution in [3.8, 4) is 0 Å². The third kappa shape index (κ3) is 2.99. The number of aliphatic hydroxyl groups excluding tert-OH is 1. The van der Waals surface area contributed by atoms with Gasteiger partial charge >= 0.3 is 0 Å². The maximum Gasteiger partial charge on any atom is 0.230 e. The smallest absolute Gasteiger partial charge is 0.230 e. The zero-order valence-electron chi connectivity index (χ0n) is 13.2. The molecule has 1 aliphatic carbocycles. The fourth-order valence-electron chi connectivity index (χ4n) is 2.75. The molecule has 126 valence electrons. The normalized spacial score (nSPS) is 14.8. The van der Waals surface area contributed by atoms with E-state index in [0.717, 1.165) is 0 Å². The lowest BCUT2D eigenvalue weighted by molar-refractivity contribution is 0.0934. The van der Waals surface area contributed by atoms with Crippen LogP contribution in [0.15, 0.2) is 58.8 Å². The van der Waals surface area contributed by atoms with Gasteiger partial charge in [-0.3, -0.25) is 14.6 Å². The van der Waals surface area contributed by atoms with E-state index in [1.165, 1.54) is 12.1 Å². The Morgan fingerprint density at radius 1 is 1.08 bits per heavy atom. The molecule has 1 N–H and O–H groups in total. The number of allylic oxidation sites excluding steroid dienone is 2. The molecule has 0 aromatic heterocycles. The molecule has 0 bridgehead atoms. The van der Waals surface area contributed by atoms with Crippen LogP contribution < -0.4 is 0 Å². The number of rotatable bonds is 3. The number of ketones is 2. The van der Waals surface area contributed by atoms with Crippen molar-refractivity contribution in [1.29, 1.82) is 0 Å². The second kappa shape index (κ2) is 6.82. The van der Waals surface area contributed by atoms with Gasteiger partial charge in [0, 0.05) is 22.7 Å². The highest BCUT2D eigenvalue weighted by molar-refractivity contribution is 6.43. The first-order chi connectivity index (χ1) is 12.0. The van der Waals surface area contributed by atoms with Crippen LogP contribution in [0, 0.1) is 0 Å². The van der Waals surface area contributed by atoms with Crippen LogP contribution in [0.4, 0.5) is 0 Å². The molecule has 0 unspecified atom stereocenters. The first kappa shape index (κ1) is 17.4. The van der Waals surface area contributed by atoms with Gasteiger partial charge in [-0.2, -0.15) is 0 Å². The van der Waals surface area contributed by atoms with Crippen LogP contribution in [-0.4, -0.2) is 28.9 Å². The highest BCUT2D eigenvalue weighted by Crippen LogP contribution is 2.32. The molecule has 0 radical (unpaired) electrons. The quantitative estimate of drug-likeness (QED) is 0.793. The fourth-order valence-corrected chi connectivity index (χ4v) is 3.20. The van der Waals surface area contributed by atoms with Gasteiger partial charge in [-0.15, -0.1) is 0 Å². The van der Waals surface area contributed by atoms with Gasteiger partial charge in [0.15, 0.2) is 11.5 Å². The summed E-state index contributed by atoms with van der Waals surface area (Å²) in [6.07, 6.45) is 0. The molecule has 1 aliphatic rings. The van der Waals surface area contributed by atoms with E-state index in [0.29, 0.717) is 17.1 Å². The summed E-state index contributed by atoms with van der Waals surface area (Å²) in [6.45, 7) is 2.16. The molecule has 0 spiro atoms. The molecule has 0 atom stereocenters. The Hall–Kier alpha value is -2.43. The monoisotopic (exact) mass is 373 g/mol. The molecule has 0 saturated heterocycles. The Morgan fingerprint density at radius 2 is 1.80 bits per heavy atom. The summed E-state index contributed by atoms with van der Waals surface area (Å²) in [6, 6.07) is 11.3. The van der Waals surface area contributed by atoms with E-state index in [9.17, 15) is 14.7 Å². The third-order valence-corrected chi connectivity index (χ3v) is 4.37. The third-order valence-electron chi connectivity index (χ3n) is 3.82. The SMILES string of the molecule is CC/N=C(\C1=C(O)C(=O)c2c(Cl)cccc2C1=O)c1cccc(Cl)c1.